The lowest BCUT2D eigenvalue weighted by Gasteiger charge is -1.99. The Balaban J connectivity index is 2.83. The minimum atomic E-state index is 0.463. The van der Waals surface area contributed by atoms with Crippen LogP contribution in [0.4, 0.5) is 0 Å². The number of hydrogen-bond donors (Lipinski definition) is 0. The van der Waals surface area contributed by atoms with Crippen molar-refractivity contribution in [3.63, 3.8) is 0 Å². The number of carbonyl (C=O) groups excluding carboxylic acids is 1. The summed E-state index contributed by atoms with van der Waals surface area (Å²) in [7, 11) is 0. The molecule has 0 aliphatic carbocycles. The van der Waals surface area contributed by atoms with Crippen molar-refractivity contribution in [1.82, 2.24) is 0 Å². The summed E-state index contributed by atoms with van der Waals surface area (Å²) in [5.41, 5.74) is 1.64. The van der Waals surface area contributed by atoms with Gasteiger partial charge in [-0.1, -0.05) is 24.3 Å². The fourth-order valence-electron chi connectivity index (χ4n) is 1.07. The highest BCUT2D eigenvalue weighted by molar-refractivity contribution is 5.77. The zero-order valence-corrected chi connectivity index (χ0v) is 6.66. The average molecular weight is 159 g/mol. The van der Waals surface area contributed by atoms with Crippen LogP contribution in [0.15, 0.2) is 24.3 Å². The summed E-state index contributed by atoms with van der Waals surface area (Å²) >= 11 is 0. The lowest BCUT2D eigenvalue weighted by molar-refractivity contribution is 0.112. The Labute approximate surface area is 71.4 Å². The second-order valence-electron chi connectivity index (χ2n) is 2.47. The molecular weight excluding hydrogens is 150 g/mol. The van der Waals surface area contributed by atoms with Crippen LogP contribution in [-0.4, -0.2) is 6.29 Å². The van der Waals surface area contributed by atoms with Crippen molar-refractivity contribution in [2.24, 2.45) is 0 Å². The summed E-state index contributed by atoms with van der Waals surface area (Å²) in [5.74, 6) is 0. The molecule has 0 saturated heterocycles. The molecule has 0 amide bonds. The Morgan fingerprint density at radius 1 is 1.42 bits per heavy atom. The first-order chi connectivity index (χ1) is 5.88. The fraction of sp³-hybridized carbons (Fsp3) is 0.200. The van der Waals surface area contributed by atoms with Gasteiger partial charge in [-0.25, -0.2) is 0 Å². The summed E-state index contributed by atoms with van der Waals surface area (Å²) in [4.78, 5) is 10.5. The van der Waals surface area contributed by atoms with Gasteiger partial charge in [0.1, 0.15) is 6.29 Å². The van der Waals surface area contributed by atoms with Crippen LogP contribution < -0.4 is 0 Å². The van der Waals surface area contributed by atoms with E-state index in [1.165, 1.54) is 0 Å². The number of aldehydes is 1. The normalized spacial score (nSPS) is 8.92. The predicted octanol–water partition coefficient (Wildman–Crippen LogP) is 1.96. The van der Waals surface area contributed by atoms with Crippen LogP contribution in [-0.2, 0) is 6.42 Å². The van der Waals surface area contributed by atoms with Gasteiger partial charge < -0.3 is 0 Å². The largest absolute Gasteiger partial charge is 0.298 e. The Kier molecular flexibility index (Phi) is 3.04. The first kappa shape index (κ1) is 8.48. The Morgan fingerprint density at radius 3 is 2.83 bits per heavy atom. The molecule has 0 aliphatic heterocycles. The Hall–Kier alpha value is -1.62. The molecule has 0 N–H and O–H groups in total. The number of rotatable bonds is 3. The highest BCUT2D eigenvalue weighted by atomic mass is 16.1. The highest BCUT2D eigenvalue weighted by Gasteiger charge is 1.98. The number of nitrogens with zero attached hydrogens (tertiary/aromatic N) is 1. The third-order valence-corrected chi connectivity index (χ3v) is 1.69. The Bertz CT molecular complexity index is 312. The summed E-state index contributed by atoms with van der Waals surface area (Å²) in [6.07, 6.45) is 1.95. The molecule has 0 unspecified atom stereocenters. The first-order valence-electron chi connectivity index (χ1n) is 3.78. The van der Waals surface area contributed by atoms with Gasteiger partial charge in [0.15, 0.2) is 0 Å². The van der Waals surface area contributed by atoms with E-state index in [9.17, 15) is 4.79 Å². The van der Waals surface area contributed by atoms with Crippen molar-refractivity contribution in [2.45, 2.75) is 12.8 Å². The van der Waals surface area contributed by atoms with Crippen molar-refractivity contribution in [3.8, 4) is 6.07 Å². The molecule has 2 heteroatoms. The Morgan fingerprint density at radius 2 is 2.17 bits per heavy atom. The average Bonchev–Trinajstić information content (AvgIpc) is 2.15. The second kappa shape index (κ2) is 4.30. The first-order valence-corrected chi connectivity index (χ1v) is 3.78. The lowest BCUT2D eigenvalue weighted by atomic mass is 10.0. The zero-order chi connectivity index (χ0) is 8.81. The summed E-state index contributed by atoms with van der Waals surface area (Å²) in [6, 6.07) is 9.38. The minimum Gasteiger partial charge on any atom is -0.298 e. The molecule has 0 atom stereocenters. The molecule has 0 fully saturated rings. The molecular formula is C10H9NO. The molecule has 0 saturated carbocycles. The maximum atomic E-state index is 10.5. The molecule has 1 rings (SSSR count). The van der Waals surface area contributed by atoms with Gasteiger partial charge in [0.25, 0.3) is 0 Å². The van der Waals surface area contributed by atoms with Gasteiger partial charge in [0.05, 0.1) is 6.07 Å². The SMILES string of the molecule is N#CCCc1ccccc1C=O. The van der Waals surface area contributed by atoms with E-state index in [4.69, 9.17) is 5.26 Å². The number of nitriles is 1. The summed E-state index contributed by atoms with van der Waals surface area (Å²) in [5, 5.41) is 8.35. The van der Waals surface area contributed by atoms with Crippen molar-refractivity contribution >= 4 is 6.29 Å². The van der Waals surface area contributed by atoms with Crippen LogP contribution in [0.3, 0.4) is 0 Å². The van der Waals surface area contributed by atoms with Gasteiger partial charge in [-0.15, -0.1) is 0 Å². The van der Waals surface area contributed by atoms with Crippen LogP contribution in [0.1, 0.15) is 22.3 Å². The van der Waals surface area contributed by atoms with Gasteiger partial charge in [-0.2, -0.15) is 5.26 Å². The molecule has 1 aromatic carbocycles. The number of aryl methyl sites for hydroxylation is 1. The molecule has 0 aliphatic rings. The molecule has 0 spiro atoms. The van der Waals surface area contributed by atoms with E-state index >= 15 is 0 Å². The summed E-state index contributed by atoms with van der Waals surface area (Å²) in [6.45, 7) is 0. The third-order valence-electron chi connectivity index (χ3n) is 1.69. The molecule has 0 bridgehead atoms. The van der Waals surface area contributed by atoms with Gasteiger partial charge in [-0.05, 0) is 12.0 Å². The quantitative estimate of drug-likeness (QED) is 0.632. The van der Waals surface area contributed by atoms with E-state index in [-0.39, 0.29) is 0 Å². The van der Waals surface area contributed by atoms with E-state index in [1.54, 1.807) is 6.07 Å². The van der Waals surface area contributed by atoms with Gasteiger partial charge in [0.2, 0.25) is 0 Å². The van der Waals surface area contributed by atoms with Crippen LogP contribution >= 0.6 is 0 Å². The molecule has 2 nitrogen and oxygen atoms in total. The number of benzene rings is 1. The van der Waals surface area contributed by atoms with E-state index in [2.05, 4.69) is 6.07 Å². The van der Waals surface area contributed by atoms with Crippen molar-refractivity contribution in [1.29, 1.82) is 5.26 Å². The summed E-state index contributed by atoms with van der Waals surface area (Å²) < 4.78 is 0. The van der Waals surface area contributed by atoms with E-state index < -0.39 is 0 Å². The minimum absolute atomic E-state index is 0.463. The van der Waals surface area contributed by atoms with Crippen LogP contribution in [0.5, 0.6) is 0 Å². The molecule has 0 heterocycles. The number of hydrogen-bond acceptors (Lipinski definition) is 2. The monoisotopic (exact) mass is 159 g/mol. The van der Waals surface area contributed by atoms with Crippen molar-refractivity contribution in [2.75, 3.05) is 0 Å². The van der Waals surface area contributed by atoms with Gasteiger partial charge >= 0.3 is 0 Å². The van der Waals surface area contributed by atoms with E-state index in [0.717, 1.165) is 11.8 Å². The van der Waals surface area contributed by atoms with E-state index in [1.807, 2.05) is 18.2 Å². The molecule has 0 radical (unpaired) electrons. The fourth-order valence-corrected chi connectivity index (χ4v) is 1.07. The molecule has 0 aromatic heterocycles. The maximum Gasteiger partial charge on any atom is 0.150 e. The van der Waals surface area contributed by atoms with Crippen LogP contribution in [0.2, 0.25) is 0 Å². The topological polar surface area (TPSA) is 40.9 Å². The number of carbonyl (C=O) groups is 1. The molecule has 1 aromatic rings. The van der Waals surface area contributed by atoms with Gasteiger partial charge in [0, 0.05) is 12.0 Å². The lowest BCUT2D eigenvalue weighted by Crippen LogP contribution is -1.90. The van der Waals surface area contributed by atoms with Gasteiger partial charge in [-0.3, -0.25) is 4.79 Å². The predicted molar refractivity (Wildman–Crippen MR) is 45.8 cm³/mol. The smallest absolute Gasteiger partial charge is 0.150 e. The standard InChI is InChI=1S/C10H9NO/c11-7-3-6-9-4-1-2-5-10(9)8-12/h1-2,4-5,8H,3,6H2. The maximum absolute atomic E-state index is 10.5. The highest BCUT2D eigenvalue weighted by Crippen LogP contribution is 2.07. The third kappa shape index (κ3) is 1.93. The van der Waals surface area contributed by atoms with E-state index in [0.29, 0.717) is 18.4 Å². The second-order valence-corrected chi connectivity index (χ2v) is 2.47. The van der Waals surface area contributed by atoms with Crippen LogP contribution in [0, 0.1) is 11.3 Å². The van der Waals surface area contributed by atoms with Crippen molar-refractivity contribution < 1.29 is 4.79 Å². The zero-order valence-electron chi connectivity index (χ0n) is 6.66. The molecule has 12 heavy (non-hydrogen) atoms. The van der Waals surface area contributed by atoms with Crippen molar-refractivity contribution in [3.05, 3.63) is 35.4 Å². The van der Waals surface area contributed by atoms with Crippen LogP contribution in [0.25, 0.3) is 0 Å². The molecule has 60 valence electrons.